The van der Waals surface area contributed by atoms with Crippen LogP contribution < -0.4 is 15.4 Å². The van der Waals surface area contributed by atoms with Crippen molar-refractivity contribution in [2.75, 3.05) is 0 Å². The first-order chi connectivity index (χ1) is 12.1. The molecule has 1 aliphatic rings. The number of benzene rings is 1. The van der Waals surface area contributed by atoms with Crippen LogP contribution in [0.1, 0.15) is 55.6 Å². The maximum Gasteiger partial charge on any atom is 0.315 e. The second-order valence-electron chi connectivity index (χ2n) is 6.55. The van der Waals surface area contributed by atoms with Crippen molar-refractivity contribution in [3.05, 3.63) is 41.5 Å². The largest absolute Gasteiger partial charge is 0.490 e. The minimum Gasteiger partial charge on any atom is -0.490 e. The maximum atomic E-state index is 12.1. The van der Waals surface area contributed by atoms with E-state index in [1.165, 1.54) is 19.2 Å². The fourth-order valence-corrected chi connectivity index (χ4v) is 3.02. The number of H-pyrrole nitrogens is 1. The predicted octanol–water partition coefficient (Wildman–Crippen LogP) is 2.99. The standard InChI is InChI=1S/C18H25N5O2/c1-12-7-8-14(16(9-12)25-15-5-3-4-6-15)10-19-18(24)22-13(2)17-20-11-21-23-17/h7-9,11,13,15H,3-6,10H2,1-2H3,(H2,19,22,24)(H,20,21,23)/t13-/m1/s1. The molecule has 1 atom stereocenters. The second kappa shape index (κ2) is 8.00. The Morgan fingerprint density at radius 2 is 2.20 bits per heavy atom. The average molecular weight is 343 g/mol. The molecule has 3 N–H and O–H groups in total. The van der Waals surface area contributed by atoms with Crippen molar-refractivity contribution in [1.29, 1.82) is 0 Å². The van der Waals surface area contributed by atoms with Crippen molar-refractivity contribution in [3.63, 3.8) is 0 Å². The summed E-state index contributed by atoms with van der Waals surface area (Å²) in [6.45, 7) is 4.31. The minimum absolute atomic E-state index is 0.241. The van der Waals surface area contributed by atoms with E-state index >= 15 is 0 Å². The van der Waals surface area contributed by atoms with Gasteiger partial charge in [0.25, 0.3) is 0 Å². The fraction of sp³-hybridized carbons (Fsp3) is 0.500. The third-order valence-corrected chi connectivity index (χ3v) is 4.45. The predicted molar refractivity (Wildman–Crippen MR) is 94.2 cm³/mol. The van der Waals surface area contributed by atoms with Gasteiger partial charge in [-0.25, -0.2) is 9.78 Å². The van der Waals surface area contributed by atoms with Gasteiger partial charge in [0.2, 0.25) is 0 Å². The lowest BCUT2D eigenvalue weighted by Crippen LogP contribution is -2.37. The summed E-state index contributed by atoms with van der Waals surface area (Å²) in [5.74, 6) is 1.49. The Morgan fingerprint density at radius 3 is 2.92 bits per heavy atom. The summed E-state index contributed by atoms with van der Waals surface area (Å²) < 4.78 is 6.16. The Kier molecular flexibility index (Phi) is 5.53. The lowest BCUT2D eigenvalue weighted by Gasteiger charge is -2.18. The smallest absolute Gasteiger partial charge is 0.315 e. The van der Waals surface area contributed by atoms with Crippen LogP contribution in [0.3, 0.4) is 0 Å². The molecule has 0 spiro atoms. The molecular formula is C18H25N5O2. The van der Waals surface area contributed by atoms with E-state index in [-0.39, 0.29) is 12.1 Å². The van der Waals surface area contributed by atoms with Crippen LogP contribution in [0.25, 0.3) is 0 Å². The number of ether oxygens (including phenoxy) is 1. The molecule has 1 aliphatic carbocycles. The van der Waals surface area contributed by atoms with Crippen LogP contribution in [0.15, 0.2) is 24.5 Å². The van der Waals surface area contributed by atoms with Gasteiger partial charge < -0.3 is 15.4 Å². The van der Waals surface area contributed by atoms with E-state index in [4.69, 9.17) is 4.74 Å². The zero-order valence-corrected chi connectivity index (χ0v) is 14.7. The molecule has 2 aromatic rings. The molecule has 1 aromatic heterocycles. The molecule has 0 bridgehead atoms. The summed E-state index contributed by atoms with van der Waals surface area (Å²) in [5.41, 5.74) is 2.14. The highest BCUT2D eigenvalue weighted by Crippen LogP contribution is 2.27. The van der Waals surface area contributed by atoms with Crippen molar-refractivity contribution in [3.8, 4) is 5.75 Å². The molecule has 1 saturated carbocycles. The van der Waals surface area contributed by atoms with Gasteiger partial charge in [0.1, 0.15) is 17.9 Å². The van der Waals surface area contributed by atoms with Crippen LogP contribution in [0.4, 0.5) is 4.79 Å². The number of aromatic nitrogens is 3. The van der Waals surface area contributed by atoms with Crippen molar-refractivity contribution in [1.82, 2.24) is 25.8 Å². The molecule has 1 aromatic carbocycles. The van der Waals surface area contributed by atoms with Crippen LogP contribution in [-0.4, -0.2) is 27.3 Å². The SMILES string of the molecule is Cc1ccc(CNC(=O)N[C@H](C)c2ncn[nH]2)c(OC2CCCC2)c1. The van der Waals surface area contributed by atoms with Gasteiger partial charge >= 0.3 is 6.03 Å². The second-order valence-corrected chi connectivity index (χ2v) is 6.55. The summed E-state index contributed by atoms with van der Waals surface area (Å²) in [6.07, 6.45) is 6.38. The van der Waals surface area contributed by atoms with Crippen molar-refractivity contribution < 1.29 is 9.53 Å². The number of nitrogens with zero attached hydrogens (tertiary/aromatic N) is 2. The van der Waals surface area contributed by atoms with Crippen LogP contribution in [-0.2, 0) is 6.54 Å². The summed E-state index contributed by atoms with van der Waals surface area (Å²) in [6, 6.07) is 5.60. The average Bonchev–Trinajstić information content (AvgIpc) is 3.27. The Balaban J connectivity index is 1.57. The lowest BCUT2D eigenvalue weighted by molar-refractivity contribution is 0.207. The lowest BCUT2D eigenvalue weighted by atomic mass is 10.1. The third kappa shape index (κ3) is 4.71. The van der Waals surface area contributed by atoms with E-state index in [0.717, 1.165) is 29.7 Å². The van der Waals surface area contributed by atoms with Crippen LogP contribution in [0.5, 0.6) is 5.75 Å². The number of aromatic amines is 1. The van der Waals surface area contributed by atoms with Crippen LogP contribution in [0, 0.1) is 6.92 Å². The molecule has 0 unspecified atom stereocenters. The number of hydrogen-bond acceptors (Lipinski definition) is 4. The normalized spacial score (nSPS) is 15.8. The summed E-state index contributed by atoms with van der Waals surface area (Å²) in [5, 5.41) is 12.3. The van der Waals surface area contributed by atoms with E-state index < -0.39 is 0 Å². The number of amides is 2. The van der Waals surface area contributed by atoms with E-state index in [1.807, 2.05) is 32.0 Å². The number of urea groups is 1. The first-order valence-corrected chi connectivity index (χ1v) is 8.77. The first-order valence-electron chi connectivity index (χ1n) is 8.77. The summed E-state index contributed by atoms with van der Waals surface area (Å²) in [7, 11) is 0. The van der Waals surface area contributed by atoms with Gasteiger partial charge in [-0.2, -0.15) is 5.10 Å². The van der Waals surface area contributed by atoms with E-state index in [0.29, 0.717) is 18.5 Å². The first kappa shape index (κ1) is 17.3. The summed E-state index contributed by atoms with van der Waals surface area (Å²) >= 11 is 0. The minimum atomic E-state index is -0.253. The highest BCUT2D eigenvalue weighted by molar-refractivity contribution is 5.74. The molecule has 2 amide bonds. The highest BCUT2D eigenvalue weighted by atomic mass is 16.5. The fourth-order valence-electron chi connectivity index (χ4n) is 3.02. The molecule has 0 aliphatic heterocycles. The highest BCUT2D eigenvalue weighted by Gasteiger charge is 2.18. The zero-order valence-electron chi connectivity index (χ0n) is 14.7. The van der Waals surface area contributed by atoms with E-state index in [1.54, 1.807) is 0 Å². The Hall–Kier alpha value is -2.57. The van der Waals surface area contributed by atoms with Crippen molar-refractivity contribution >= 4 is 6.03 Å². The number of nitrogens with one attached hydrogen (secondary N) is 3. The number of aryl methyl sites for hydroxylation is 1. The van der Waals surface area contributed by atoms with Gasteiger partial charge in [-0.1, -0.05) is 12.1 Å². The molecule has 1 heterocycles. The molecular weight excluding hydrogens is 318 g/mol. The quantitative estimate of drug-likeness (QED) is 0.752. The summed E-state index contributed by atoms with van der Waals surface area (Å²) in [4.78, 5) is 16.2. The number of carbonyl (C=O) groups is 1. The molecule has 134 valence electrons. The van der Waals surface area contributed by atoms with Gasteiger partial charge in [0.15, 0.2) is 0 Å². The molecule has 0 radical (unpaired) electrons. The van der Waals surface area contributed by atoms with Gasteiger partial charge in [-0.05, 0) is 51.2 Å². The molecule has 7 heteroatoms. The van der Waals surface area contributed by atoms with Crippen molar-refractivity contribution in [2.45, 2.75) is 58.2 Å². The molecule has 3 rings (SSSR count). The Morgan fingerprint density at radius 1 is 1.40 bits per heavy atom. The van der Waals surface area contributed by atoms with Gasteiger partial charge in [0, 0.05) is 12.1 Å². The van der Waals surface area contributed by atoms with Gasteiger partial charge in [-0.3, -0.25) is 5.10 Å². The number of hydrogen-bond donors (Lipinski definition) is 3. The topological polar surface area (TPSA) is 91.9 Å². The van der Waals surface area contributed by atoms with E-state index in [9.17, 15) is 4.79 Å². The maximum absolute atomic E-state index is 12.1. The van der Waals surface area contributed by atoms with Crippen LogP contribution in [0.2, 0.25) is 0 Å². The molecule has 0 saturated heterocycles. The monoisotopic (exact) mass is 343 g/mol. The number of rotatable bonds is 6. The molecule has 7 nitrogen and oxygen atoms in total. The van der Waals surface area contributed by atoms with Gasteiger partial charge in [0.05, 0.1) is 12.1 Å². The zero-order chi connectivity index (χ0) is 17.6. The molecule has 25 heavy (non-hydrogen) atoms. The molecule has 1 fully saturated rings. The van der Waals surface area contributed by atoms with Gasteiger partial charge in [-0.15, -0.1) is 0 Å². The Bertz CT molecular complexity index is 695. The van der Waals surface area contributed by atoms with E-state index in [2.05, 4.69) is 25.8 Å². The Labute approximate surface area is 147 Å². The van der Waals surface area contributed by atoms with Crippen molar-refractivity contribution in [2.24, 2.45) is 0 Å². The van der Waals surface area contributed by atoms with Crippen LogP contribution >= 0.6 is 0 Å². The third-order valence-electron chi connectivity index (χ3n) is 4.45. The number of carbonyl (C=O) groups excluding carboxylic acids is 1.